The summed E-state index contributed by atoms with van der Waals surface area (Å²) >= 11 is 0. The monoisotopic (exact) mass is 447 g/mol. The maximum Gasteiger partial charge on any atom is 0.356 e. The Hall–Kier alpha value is -4.76. The van der Waals surface area contributed by atoms with Crippen molar-refractivity contribution in [3.63, 3.8) is 0 Å². The molecule has 0 aliphatic carbocycles. The largest absolute Gasteiger partial charge is 0.464 e. The summed E-state index contributed by atoms with van der Waals surface area (Å²) in [7, 11) is 1.31. The molecule has 0 aliphatic rings. The number of amides is 1. The lowest BCUT2D eigenvalue weighted by molar-refractivity contribution is -0.107. The van der Waals surface area contributed by atoms with Gasteiger partial charge in [0, 0.05) is 29.1 Å². The molecule has 2 heterocycles. The zero-order chi connectivity index (χ0) is 23.8. The van der Waals surface area contributed by atoms with Crippen molar-refractivity contribution < 1.29 is 14.3 Å². The van der Waals surface area contributed by atoms with Gasteiger partial charge in [-0.25, -0.2) is 9.78 Å². The number of esters is 1. The molecule has 0 spiro atoms. The van der Waals surface area contributed by atoms with E-state index in [1.54, 1.807) is 23.2 Å². The molecule has 0 saturated carbocycles. The third kappa shape index (κ3) is 5.34. The van der Waals surface area contributed by atoms with E-state index in [2.05, 4.69) is 26.5 Å². The molecule has 0 N–H and O–H groups in total. The van der Waals surface area contributed by atoms with E-state index >= 15 is 0 Å². The minimum Gasteiger partial charge on any atom is -0.464 e. The van der Waals surface area contributed by atoms with Crippen LogP contribution in [-0.4, -0.2) is 29.5 Å². The number of carbonyl (C=O) groups is 2. The number of benzene rings is 2. The van der Waals surface area contributed by atoms with E-state index in [0.717, 1.165) is 23.2 Å². The Morgan fingerprint density at radius 3 is 2.38 bits per heavy atom. The molecule has 0 atom stereocenters. The van der Waals surface area contributed by atoms with Crippen LogP contribution < -0.4 is 4.90 Å². The van der Waals surface area contributed by atoms with Gasteiger partial charge in [-0.15, -0.1) is 0 Å². The summed E-state index contributed by atoms with van der Waals surface area (Å²) in [6.07, 6.45) is 4.08. The highest BCUT2D eigenvalue weighted by Gasteiger charge is 2.11. The molecule has 1 amide bonds. The molecule has 4 rings (SSSR count). The lowest BCUT2D eigenvalue weighted by Crippen LogP contribution is -2.21. The summed E-state index contributed by atoms with van der Waals surface area (Å²) in [5, 5.41) is 0. The molecular formula is C28H21N3O3. The van der Waals surface area contributed by atoms with Crippen LogP contribution in [0.25, 0.3) is 11.3 Å². The van der Waals surface area contributed by atoms with Gasteiger partial charge in [0.25, 0.3) is 0 Å². The van der Waals surface area contributed by atoms with E-state index < -0.39 is 5.97 Å². The molecule has 0 fully saturated rings. The van der Waals surface area contributed by atoms with Gasteiger partial charge in [-0.2, -0.15) is 0 Å². The zero-order valence-electron chi connectivity index (χ0n) is 18.5. The van der Waals surface area contributed by atoms with Gasteiger partial charge in [0.2, 0.25) is 6.41 Å². The molecular weight excluding hydrogens is 426 g/mol. The molecule has 166 valence electrons. The minimum absolute atomic E-state index is 0.215. The van der Waals surface area contributed by atoms with Gasteiger partial charge >= 0.3 is 5.97 Å². The van der Waals surface area contributed by atoms with Crippen LogP contribution in [0.2, 0.25) is 0 Å². The van der Waals surface area contributed by atoms with Crippen LogP contribution in [-0.2, 0) is 16.1 Å². The van der Waals surface area contributed by atoms with Crippen LogP contribution in [0.1, 0.15) is 27.2 Å². The molecule has 2 aromatic heterocycles. The topological polar surface area (TPSA) is 72.4 Å². The number of rotatable bonds is 6. The van der Waals surface area contributed by atoms with Gasteiger partial charge in [-0.3, -0.25) is 9.78 Å². The van der Waals surface area contributed by atoms with E-state index in [1.165, 1.54) is 13.3 Å². The molecule has 6 heteroatoms. The first kappa shape index (κ1) is 22.4. The summed E-state index contributed by atoms with van der Waals surface area (Å²) in [4.78, 5) is 33.7. The molecule has 0 aliphatic heterocycles. The van der Waals surface area contributed by atoms with Crippen LogP contribution in [0, 0.1) is 11.8 Å². The second-order valence-electron chi connectivity index (χ2n) is 7.34. The summed E-state index contributed by atoms with van der Waals surface area (Å²) in [5.74, 6) is 5.63. The minimum atomic E-state index is -0.502. The second-order valence-corrected chi connectivity index (χ2v) is 7.34. The van der Waals surface area contributed by atoms with Crippen LogP contribution in [0.5, 0.6) is 0 Å². The number of nitrogens with zero attached hydrogens (tertiary/aromatic N) is 3. The Balaban J connectivity index is 1.54. The highest BCUT2D eigenvalue weighted by Crippen LogP contribution is 2.22. The third-order valence-electron chi connectivity index (χ3n) is 5.09. The van der Waals surface area contributed by atoms with Crippen molar-refractivity contribution in [2.45, 2.75) is 6.54 Å². The molecule has 0 saturated heterocycles. The fraction of sp³-hybridized carbons (Fsp3) is 0.0714. The molecule has 0 bridgehead atoms. The summed E-state index contributed by atoms with van der Waals surface area (Å²) in [6, 6.07) is 24.5. The molecule has 0 unspecified atom stereocenters. The van der Waals surface area contributed by atoms with Crippen LogP contribution in [0.4, 0.5) is 5.69 Å². The maximum atomic E-state index is 12.0. The lowest BCUT2D eigenvalue weighted by Gasteiger charge is -2.19. The Kier molecular flexibility index (Phi) is 7.06. The number of para-hydroxylation sites is 1. The van der Waals surface area contributed by atoms with Crippen LogP contribution in [0.3, 0.4) is 0 Å². The standard InChI is InChI=1S/C28H21N3O3/c1-34-28(33)26-16-12-21(17-30-26)11-14-24-9-5-6-10-27(24)31(20-32)19-22-13-15-25(29-18-22)23-7-3-2-4-8-23/h2-10,12-13,15-18,20H,19H2,1H3. The van der Waals surface area contributed by atoms with Gasteiger partial charge in [0.1, 0.15) is 5.69 Å². The normalized spacial score (nSPS) is 10.0. The number of methoxy groups -OCH3 is 1. The zero-order valence-corrected chi connectivity index (χ0v) is 18.5. The molecule has 4 aromatic rings. The van der Waals surface area contributed by atoms with Crippen LogP contribution in [0.15, 0.2) is 91.3 Å². The molecule has 2 aromatic carbocycles. The van der Waals surface area contributed by atoms with Gasteiger partial charge < -0.3 is 9.64 Å². The number of hydrogen-bond donors (Lipinski definition) is 0. The van der Waals surface area contributed by atoms with Gasteiger partial charge in [-0.1, -0.05) is 60.4 Å². The first-order chi connectivity index (χ1) is 16.7. The van der Waals surface area contributed by atoms with Crippen molar-refractivity contribution >= 4 is 18.1 Å². The van der Waals surface area contributed by atoms with Crippen molar-refractivity contribution in [1.82, 2.24) is 9.97 Å². The first-order valence-electron chi connectivity index (χ1n) is 10.6. The Morgan fingerprint density at radius 1 is 0.912 bits per heavy atom. The smallest absolute Gasteiger partial charge is 0.356 e. The predicted molar refractivity (Wildman–Crippen MR) is 130 cm³/mol. The third-order valence-corrected chi connectivity index (χ3v) is 5.09. The maximum absolute atomic E-state index is 12.0. The average Bonchev–Trinajstić information content (AvgIpc) is 2.91. The average molecular weight is 447 g/mol. The fourth-order valence-electron chi connectivity index (χ4n) is 3.34. The fourth-order valence-corrected chi connectivity index (χ4v) is 3.34. The van der Waals surface area contributed by atoms with E-state index in [0.29, 0.717) is 23.4 Å². The number of hydrogen-bond acceptors (Lipinski definition) is 5. The summed E-state index contributed by atoms with van der Waals surface area (Å²) in [5.41, 5.74) is 5.05. The number of carbonyl (C=O) groups excluding carboxylic acids is 2. The second kappa shape index (κ2) is 10.7. The Labute approximate surface area is 197 Å². The predicted octanol–water partition coefficient (Wildman–Crippen LogP) is 4.49. The summed E-state index contributed by atoms with van der Waals surface area (Å²) < 4.78 is 4.66. The van der Waals surface area contributed by atoms with Crippen molar-refractivity contribution in [3.8, 4) is 23.1 Å². The SMILES string of the molecule is COC(=O)c1ccc(C#Cc2ccccc2N(C=O)Cc2ccc(-c3ccccc3)nc2)cn1. The highest BCUT2D eigenvalue weighted by molar-refractivity contribution is 5.87. The van der Waals surface area contributed by atoms with Crippen molar-refractivity contribution in [1.29, 1.82) is 0 Å². The van der Waals surface area contributed by atoms with E-state index in [4.69, 9.17) is 0 Å². The van der Waals surface area contributed by atoms with Crippen molar-refractivity contribution in [3.05, 3.63) is 114 Å². The first-order valence-corrected chi connectivity index (χ1v) is 10.6. The number of ether oxygens (including phenoxy) is 1. The van der Waals surface area contributed by atoms with Gasteiger partial charge in [-0.05, 0) is 35.9 Å². The van der Waals surface area contributed by atoms with Crippen molar-refractivity contribution in [2.75, 3.05) is 12.0 Å². The van der Waals surface area contributed by atoms with E-state index in [-0.39, 0.29) is 5.69 Å². The lowest BCUT2D eigenvalue weighted by atomic mass is 10.1. The van der Waals surface area contributed by atoms with Crippen LogP contribution >= 0.6 is 0 Å². The number of pyridine rings is 2. The Morgan fingerprint density at radius 2 is 1.71 bits per heavy atom. The summed E-state index contributed by atoms with van der Waals surface area (Å²) in [6.45, 7) is 0.361. The highest BCUT2D eigenvalue weighted by atomic mass is 16.5. The van der Waals surface area contributed by atoms with Gasteiger partial charge in [0.05, 0.1) is 25.0 Å². The van der Waals surface area contributed by atoms with Gasteiger partial charge in [0.15, 0.2) is 0 Å². The Bertz CT molecular complexity index is 1340. The van der Waals surface area contributed by atoms with E-state index in [9.17, 15) is 9.59 Å². The quantitative estimate of drug-likeness (QED) is 0.247. The van der Waals surface area contributed by atoms with E-state index in [1.807, 2.05) is 66.7 Å². The molecule has 0 radical (unpaired) electrons. The number of anilines is 1. The van der Waals surface area contributed by atoms with Crippen molar-refractivity contribution in [2.24, 2.45) is 0 Å². The molecule has 6 nitrogen and oxygen atoms in total. The molecule has 34 heavy (non-hydrogen) atoms. The number of aromatic nitrogens is 2.